The van der Waals surface area contributed by atoms with Crippen molar-refractivity contribution in [2.24, 2.45) is 15.7 Å². The van der Waals surface area contributed by atoms with Gasteiger partial charge in [0.15, 0.2) is 11.7 Å². The number of alkyl carbamates (subject to hydrolysis) is 1. The van der Waals surface area contributed by atoms with Crippen molar-refractivity contribution in [2.45, 2.75) is 45.6 Å². The number of hydrogen-bond donors (Lipinski definition) is 3. The molecule has 7 heteroatoms. The standard InChI is InChI=1S/C12H21N5O2/c1-12(2,3)19-11(18)15-7-5-4-6-8-16-9(13)10(14)17-8/h4-7H2,1-3H3,(H,15,18)(H3,13,14,16,17). The van der Waals surface area contributed by atoms with Crippen LogP contribution in [0.2, 0.25) is 0 Å². The Morgan fingerprint density at radius 1 is 1.37 bits per heavy atom. The molecule has 0 bridgehead atoms. The molecule has 0 spiro atoms. The molecule has 1 rings (SSSR count). The predicted octanol–water partition coefficient (Wildman–Crippen LogP) is 1.43. The van der Waals surface area contributed by atoms with Gasteiger partial charge < -0.3 is 15.8 Å². The molecule has 106 valence electrons. The first-order valence-corrected chi connectivity index (χ1v) is 6.25. The lowest BCUT2D eigenvalue weighted by atomic mass is 10.2. The van der Waals surface area contributed by atoms with Crippen molar-refractivity contribution in [1.29, 1.82) is 5.41 Å². The molecule has 0 aromatic rings. The van der Waals surface area contributed by atoms with Crippen molar-refractivity contribution >= 4 is 23.6 Å². The van der Waals surface area contributed by atoms with Gasteiger partial charge in [-0.3, -0.25) is 5.41 Å². The Hall–Kier alpha value is -1.92. The summed E-state index contributed by atoms with van der Waals surface area (Å²) in [6.07, 6.45) is 1.86. The maximum atomic E-state index is 11.3. The fourth-order valence-electron chi connectivity index (χ4n) is 1.43. The molecule has 7 nitrogen and oxygen atoms in total. The third-order valence-electron chi connectivity index (χ3n) is 2.23. The summed E-state index contributed by atoms with van der Waals surface area (Å²) in [5.41, 5.74) is 4.96. The predicted molar refractivity (Wildman–Crippen MR) is 74.9 cm³/mol. The Kier molecular flexibility index (Phi) is 5.02. The van der Waals surface area contributed by atoms with E-state index < -0.39 is 11.7 Å². The number of amidine groups is 3. The van der Waals surface area contributed by atoms with Crippen molar-refractivity contribution in [3.8, 4) is 0 Å². The van der Waals surface area contributed by atoms with E-state index in [0.29, 0.717) is 18.8 Å². The second kappa shape index (κ2) is 6.31. The molecule has 0 atom stereocenters. The largest absolute Gasteiger partial charge is 0.444 e. The van der Waals surface area contributed by atoms with E-state index in [1.165, 1.54) is 0 Å². The third-order valence-corrected chi connectivity index (χ3v) is 2.23. The molecule has 1 amide bonds. The van der Waals surface area contributed by atoms with Crippen molar-refractivity contribution in [3.05, 3.63) is 0 Å². The van der Waals surface area contributed by atoms with E-state index in [4.69, 9.17) is 15.9 Å². The Bertz CT molecular complexity index is 420. The van der Waals surface area contributed by atoms with Gasteiger partial charge in [0.2, 0.25) is 0 Å². The number of carbonyl (C=O) groups is 1. The fourth-order valence-corrected chi connectivity index (χ4v) is 1.43. The molecule has 0 aromatic heterocycles. The van der Waals surface area contributed by atoms with Crippen LogP contribution in [0.5, 0.6) is 0 Å². The normalized spacial score (nSPS) is 15.0. The van der Waals surface area contributed by atoms with Gasteiger partial charge in [-0.05, 0) is 33.6 Å². The quantitative estimate of drug-likeness (QED) is 0.655. The molecular weight excluding hydrogens is 246 g/mol. The Morgan fingerprint density at radius 2 is 2.05 bits per heavy atom. The highest BCUT2D eigenvalue weighted by atomic mass is 16.6. The molecule has 4 N–H and O–H groups in total. The monoisotopic (exact) mass is 267 g/mol. The molecule has 0 radical (unpaired) electrons. The van der Waals surface area contributed by atoms with Crippen molar-refractivity contribution in [2.75, 3.05) is 6.54 Å². The molecule has 0 fully saturated rings. The number of hydrogen-bond acceptors (Lipinski definition) is 5. The van der Waals surface area contributed by atoms with Crippen LogP contribution in [-0.4, -0.2) is 35.7 Å². The lowest BCUT2D eigenvalue weighted by Crippen LogP contribution is -2.33. The van der Waals surface area contributed by atoms with E-state index in [-0.39, 0.29) is 11.7 Å². The van der Waals surface area contributed by atoms with Crippen molar-refractivity contribution < 1.29 is 9.53 Å². The van der Waals surface area contributed by atoms with Crippen LogP contribution in [0.4, 0.5) is 4.79 Å². The zero-order valence-electron chi connectivity index (χ0n) is 11.6. The van der Waals surface area contributed by atoms with Gasteiger partial charge in [0.1, 0.15) is 11.4 Å². The van der Waals surface area contributed by atoms with Gasteiger partial charge >= 0.3 is 6.09 Å². The van der Waals surface area contributed by atoms with Crippen molar-refractivity contribution in [1.82, 2.24) is 5.32 Å². The Balaban J connectivity index is 2.11. The highest BCUT2D eigenvalue weighted by Crippen LogP contribution is 2.07. The molecule has 0 saturated heterocycles. The van der Waals surface area contributed by atoms with Gasteiger partial charge in [-0.2, -0.15) is 0 Å². The number of nitrogens with one attached hydrogen (secondary N) is 2. The number of nitrogens with two attached hydrogens (primary N) is 1. The number of carbonyl (C=O) groups excluding carboxylic acids is 1. The van der Waals surface area contributed by atoms with E-state index in [1.54, 1.807) is 0 Å². The number of nitrogens with zero attached hydrogens (tertiary/aromatic N) is 2. The van der Waals surface area contributed by atoms with Crippen LogP contribution in [0.3, 0.4) is 0 Å². The van der Waals surface area contributed by atoms with E-state index in [9.17, 15) is 4.79 Å². The minimum atomic E-state index is -0.477. The van der Waals surface area contributed by atoms with Gasteiger partial charge in [-0.25, -0.2) is 14.8 Å². The number of aliphatic imine (C=N–C) groups is 2. The second-order valence-corrected chi connectivity index (χ2v) is 5.26. The highest BCUT2D eigenvalue weighted by molar-refractivity contribution is 6.45. The maximum absolute atomic E-state index is 11.3. The minimum absolute atomic E-state index is 0.0295. The Morgan fingerprint density at radius 3 is 2.58 bits per heavy atom. The van der Waals surface area contributed by atoms with E-state index in [1.807, 2.05) is 20.8 Å². The molecule has 0 saturated carbocycles. The van der Waals surface area contributed by atoms with E-state index in [2.05, 4.69) is 15.3 Å². The molecule has 1 aliphatic heterocycles. The number of amides is 1. The molecule has 0 unspecified atom stereocenters. The lowest BCUT2D eigenvalue weighted by molar-refractivity contribution is 0.0527. The van der Waals surface area contributed by atoms with Gasteiger partial charge in [0.05, 0.1) is 0 Å². The van der Waals surface area contributed by atoms with Gasteiger partial charge in [0, 0.05) is 13.0 Å². The minimum Gasteiger partial charge on any atom is -0.444 e. The first kappa shape index (κ1) is 15.1. The molecule has 0 aliphatic carbocycles. The summed E-state index contributed by atoms with van der Waals surface area (Å²) < 4.78 is 5.11. The molecule has 19 heavy (non-hydrogen) atoms. The summed E-state index contributed by atoms with van der Waals surface area (Å²) in [5, 5.41) is 10.0. The van der Waals surface area contributed by atoms with Gasteiger partial charge in [-0.15, -0.1) is 0 Å². The highest BCUT2D eigenvalue weighted by Gasteiger charge is 2.15. The van der Waals surface area contributed by atoms with Crippen LogP contribution in [0.25, 0.3) is 0 Å². The number of rotatable bonds is 5. The maximum Gasteiger partial charge on any atom is 0.407 e. The summed E-state index contributed by atoms with van der Waals surface area (Å²) >= 11 is 0. The zero-order chi connectivity index (χ0) is 14.5. The van der Waals surface area contributed by atoms with Crippen LogP contribution >= 0.6 is 0 Å². The first-order chi connectivity index (χ1) is 8.78. The summed E-state index contributed by atoms with van der Waals surface area (Å²) in [6.45, 7) is 6.01. The summed E-state index contributed by atoms with van der Waals surface area (Å²) in [6, 6.07) is 0. The second-order valence-electron chi connectivity index (χ2n) is 5.26. The third kappa shape index (κ3) is 5.98. The first-order valence-electron chi connectivity index (χ1n) is 6.25. The van der Waals surface area contributed by atoms with Crippen LogP contribution in [0, 0.1) is 5.41 Å². The molecule has 0 aromatic carbocycles. The summed E-state index contributed by atoms with van der Waals surface area (Å²) in [5.74, 6) is 0.781. The smallest absolute Gasteiger partial charge is 0.407 e. The number of unbranched alkanes of at least 4 members (excludes halogenated alkanes) is 1. The fraction of sp³-hybridized carbons (Fsp3) is 0.667. The van der Waals surface area contributed by atoms with Crippen molar-refractivity contribution in [3.63, 3.8) is 0 Å². The number of ether oxygens (including phenoxy) is 1. The van der Waals surface area contributed by atoms with Gasteiger partial charge in [0.25, 0.3) is 0 Å². The summed E-state index contributed by atoms with van der Waals surface area (Å²) in [7, 11) is 0. The molecule has 1 aliphatic rings. The SMILES string of the molecule is CC(C)(C)OC(=O)NCCCCC1=NC(=N)C(N)=N1. The Labute approximate surface area is 112 Å². The van der Waals surface area contributed by atoms with Gasteiger partial charge in [-0.1, -0.05) is 0 Å². The van der Waals surface area contributed by atoms with E-state index >= 15 is 0 Å². The molecule has 1 heterocycles. The van der Waals surface area contributed by atoms with Crippen LogP contribution in [-0.2, 0) is 4.74 Å². The van der Waals surface area contributed by atoms with Crippen LogP contribution < -0.4 is 11.1 Å². The van der Waals surface area contributed by atoms with Crippen LogP contribution in [0.1, 0.15) is 40.0 Å². The van der Waals surface area contributed by atoms with Crippen LogP contribution in [0.15, 0.2) is 9.98 Å². The average Bonchev–Trinajstić information content (AvgIpc) is 2.55. The molecular formula is C12H21N5O2. The topological polar surface area (TPSA) is 113 Å². The summed E-state index contributed by atoms with van der Waals surface area (Å²) in [4.78, 5) is 19.2. The lowest BCUT2D eigenvalue weighted by Gasteiger charge is -2.19. The average molecular weight is 267 g/mol. The zero-order valence-corrected chi connectivity index (χ0v) is 11.6. The van der Waals surface area contributed by atoms with E-state index in [0.717, 1.165) is 12.8 Å².